The summed E-state index contributed by atoms with van der Waals surface area (Å²) >= 11 is 1.84. The molecule has 0 aliphatic carbocycles. The van der Waals surface area contributed by atoms with Gasteiger partial charge in [0.1, 0.15) is 0 Å². The minimum Gasteiger partial charge on any atom is -0.298 e. The summed E-state index contributed by atoms with van der Waals surface area (Å²) in [6.45, 7) is 6.41. The lowest BCUT2D eigenvalue weighted by molar-refractivity contribution is 0.248. The van der Waals surface area contributed by atoms with E-state index >= 15 is 0 Å². The maximum Gasteiger partial charge on any atom is 0.0995 e. The Kier molecular flexibility index (Phi) is 5.23. The minimum absolute atomic E-state index is 0.808. The molecule has 0 atom stereocenters. The molecule has 2 heterocycles. The van der Waals surface area contributed by atoms with Crippen molar-refractivity contribution >= 4 is 11.3 Å². The molecule has 4 heteroatoms. The van der Waals surface area contributed by atoms with Crippen LogP contribution in [0, 0.1) is 11.3 Å². The highest BCUT2D eigenvalue weighted by atomic mass is 32.1. The lowest BCUT2D eigenvalue weighted by Gasteiger charge is -2.21. The molecule has 1 saturated heterocycles. The first kappa shape index (κ1) is 15.2. The number of benzene rings is 1. The molecule has 1 aromatic heterocycles. The zero-order chi connectivity index (χ0) is 15.2. The van der Waals surface area contributed by atoms with Gasteiger partial charge in [-0.3, -0.25) is 9.80 Å². The van der Waals surface area contributed by atoms with E-state index in [0.717, 1.165) is 50.4 Å². The first-order chi connectivity index (χ1) is 10.8. The normalized spacial score (nSPS) is 17.0. The Morgan fingerprint density at radius 3 is 2.45 bits per heavy atom. The average Bonchev–Trinajstić information content (AvgIpc) is 2.96. The van der Waals surface area contributed by atoms with Crippen LogP contribution >= 0.6 is 11.3 Å². The number of nitriles is 1. The highest BCUT2D eigenvalue weighted by Gasteiger charge is 2.16. The van der Waals surface area contributed by atoms with Crippen molar-refractivity contribution in [2.45, 2.75) is 19.5 Å². The molecule has 1 aromatic carbocycles. The molecule has 1 aliphatic rings. The van der Waals surface area contributed by atoms with Crippen molar-refractivity contribution in [3.8, 4) is 6.07 Å². The molecule has 0 N–H and O–H groups in total. The van der Waals surface area contributed by atoms with Gasteiger partial charge in [-0.1, -0.05) is 24.3 Å². The Balaban J connectivity index is 1.57. The molecule has 0 bridgehead atoms. The van der Waals surface area contributed by atoms with E-state index in [4.69, 9.17) is 0 Å². The Morgan fingerprint density at radius 2 is 1.73 bits per heavy atom. The molecule has 1 fully saturated rings. The summed E-state index contributed by atoms with van der Waals surface area (Å²) in [5, 5.41) is 11.4. The second-order valence-corrected chi connectivity index (χ2v) is 6.79. The third kappa shape index (κ3) is 3.95. The number of nitrogens with zero attached hydrogens (tertiary/aromatic N) is 3. The highest BCUT2D eigenvalue weighted by Crippen LogP contribution is 2.16. The first-order valence-electron chi connectivity index (χ1n) is 7.80. The summed E-state index contributed by atoms with van der Waals surface area (Å²) in [7, 11) is 0. The van der Waals surface area contributed by atoms with Crippen LogP contribution in [0.2, 0.25) is 0 Å². The van der Waals surface area contributed by atoms with Gasteiger partial charge in [-0.2, -0.15) is 5.26 Å². The van der Waals surface area contributed by atoms with Crippen molar-refractivity contribution in [3.05, 3.63) is 57.8 Å². The quantitative estimate of drug-likeness (QED) is 0.867. The zero-order valence-electron chi connectivity index (χ0n) is 12.7. The van der Waals surface area contributed by atoms with Gasteiger partial charge >= 0.3 is 0 Å². The summed E-state index contributed by atoms with van der Waals surface area (Å²) in [4.78, 5) is 6.47. The van der Waals surface area contributed by atoms with Crippen LogP contribution in [0.5, 0.6) is 0 Å². The van der Waals surface area contributed by atoms with E-state index in [9.17, 15) is 5.26 Å². The van der Waals surface area contributed by atoms with E-state index in [1.165, 1.54) is 11.3 Å². The number of thiophene rings is 1. The lowest BCUT2D eigenvalue weighted by Crippen LogP contribution is -2.30. The van der Waals surface area contributed by atoms with Crippen LogP contribution in [-0.2, 0) is 13.1 Å². The number of hydrogen-bond acceptors (Lipinski definition) is 4. The minimum atomic E-state index is 0.808. The summed E-state index contributed by atoms with van der Waals surface area (Å²) in [6, 6.07) is 14.6. The molecule has 3 rings (SSSR count). The number of rotatable bonds is 4. The van der Waals surface area contributed by atoms with Crippen LogP contribution in [-0.4, -0.2) is 36.0 Å². The van der Waals surface area contributed by atoms with Gasteiger partial charge < -0.3 is 0 Å². The molecule has 114 valence electrons. The van der Waals surface area contributed by atoms with Gasteiger partial charge in [0.2, 0.25) is 0 Å². The molecule has 22 heavy (non-hydrogen) atoms. The van der Waals surface area contributed by atoms with Gasteiger partial charge in [0, 0.05) is 31.1 Å². The van der Waals surface area contributed by atoms with E-state index in [1.807, 2.05) is 29.5 Å². The van der Waals surface area contributed by atoms with Crippen molar-refractivity contribution in [2.24, 2.45) is 0 Å². The first-order valence-corrected chi connectivity index (χ1v) is 8.68. The topological polar surface area (TPSA) is 30.3 Å². The van der Waals surface area contributed by atoms with Crippen LogP contribution < -0.4 is 0 Å². The van der Waals surface area contributed by atoms with Crippen LogP contribution in [0.1, 0.15) is 22.4 Å². The molecule has 0 radical (unpaired) electrons. The maximum atomic E-state index is 9.21. The van der Waals surface area contributed by atoms with E-state index in [-0.39, 0.29) is 0 Å². The molecule has 0 spiro atoms. The van der Waals surface area contributed by atoms with E-state index < -0.39 is 0 Å². The van der Waals surface area contributed by atoms with Crippen LogP contribution in [0.3, 0.4) is 0 Å². The molecule has 0 amide bonds. The van der Waals surface area contributed by atoms with Crippen LogP contribution in [0.4, 0.5) is 0 Å². The molecule has 2 aromatic rings. The molecule has 0 saturated carbocycles. The summed E-state index contributed by atoms with van der Waals surface area (Å²) < 4.78 is 0. The van der Waals surface area contributed by atoms with Crippen molar-refractivity contribution in [1.82, 2.24) is 9.80 Å². The second kappa shape index (κ2) is 7.55. The van der Waals surface area contributed by atoms with Gasteiger partial charge in [0.05, 0.1) is 11.6 Å². The fraction of sp³-hybridized carbons (Fsp3) is 0.389. The Bertz CT molecular complexity index is 630. The van der Waals surface area contributed by atoms with Crippen molar-refractivity contribution < 1.29 is 0 Å². The predicted octanol–water partition coefficient (Wildman–Crippen LogP) is 3.33. The standard InChI is InChI=1S/C18H21N3S/c19-13-16-5-1-2-6-17(16)14-20-8-4-9-21(11-10-20)15-18-7-3-12-22-18/h1-3,5-7,12H,4,8-11,14-15H2. The van der Waals surface area contributed by atoms with Gasteiger partial charge in [-0.25, -0.2) is 0 Å². The van der Waals surface area contributed by atoms with Crippen LogP contribution in [0.25, 0.3) is 0 Å². The summed E-state index contributed by atoms with van der Waals surface area (Å²) in [5.41, 5.74) is 1.96. The predicted molar refractivity (Wildman–Crippen MR) is 90.6 cm³/mol. The second-order valence-electron chi connectivity index (χ2n) is 5.75. The Morgan fingerprint density at radius 1 is 0.955 bits per heavy atom. The average molecular weight is 311 g/mol. The zero-order valence-corrected chi connectivity index (χ0v) is 13.6. The SMILES string of the molecule is N#Cc1ccccc1CN1CCCN(Cc2cccs2)CC1. The molecule has 1 aliphatic heterocycles. The van der Waals surface area contributed by atoms with Crippen molar-refractivity contribution in [2.75, 3.05) is 26.2 Å². The molecular weight excluding hydrogens is 290 g/mol. The molecule has 0 unspecified atom stereocenters. The fourth-order valence-corrected chi connectivity index (χ4v) is 3.72. The summed E-state index contributed by atoms with van der Waals surface area (Å²) in [6.07, 6.45) is 1.19. The van der Waals surface area contributed by atoms with Crippen molar-refractivity contribution in [3.63, 3.8) is 0 Å². The lowest BCUT2D eigenvalue weighted by atomic mass is 10.1. The number of hydrogen-bond donors (Lipinski definition) is 0. The van der Waals surface area contributed by atoms with E-state index in [1.54, 1.807) is 0 Å². The Hall–Kier alpha value is -1.67. The highest BCUT2D eigenvalue weighted by molar-refractivity contribution is 7.09. The Labute approximate surface area is 136 Å². The maximum absolute atomic E-state index is 9.21. The smallest absolute Gasteiger partial charge is 0.0995 e. The third-order valence-corrected chi connectivity index (χ3v) is 5.03. The molecular formula is C18H21N3S. The monoisotopic (exact) mass is 311 g/mol. The van der Waals surface area contributed by atoms with E-state index in [0.29, 0.717) is 0 Å². The van der Waals surface area contributed by atoms with E-state index in [2.05, 4.69) is 39.4 Å². The van der Waals surface area contributed by atoms with Gasteiger partial charge in [-0.15, -0.1) is 11.3 Å². The summed E-state index contributed by atoms with van der Waals surface area (Å²) in [5.74, 6) is 0. The van der Waals surface area contributed by atoms with Gasteiger partial charge in [-0.05, 0) is 42.6 Å². The van der Waals surface area contributed by atoms with Gasteiger partial charge in [0.25, 0.3) is 0 Å². The van der Waals surface area contributed by atoms with Crippen molar-refractivity contribution in [1.29, 1.82) is 5.26 Å². The van der Waals surface area contributed by atoms with Crippen LogP contribution in [0.15, 0.2) is 41.8 Å². The molecule has 3 nitrogen and oxygen atoms in total. The van der Waals surface area contributed by atoms with Gasteiger partial charge in [0.15, 0.2) is 0 Å². The largest absolute Gasteiger partial charge is 0.298 e. The third-order valence-electron chi connectivity index (χ3n) is 4.17. The fourth-order valence-electron chi connectivity index (χ4n) is 2.97.